The lowest BCUT2D eigenvalue weighted by molar-refractivity contribution is 0.297. The van der Waals surface area contributed by atoms with Crippen LogP contribution in [-0.2, 0) is 0 Å². The van der Waals surface area contributed by atoms with Gasteiger partial charge in [0.25, 0.3) is 0 Å². The Bertz CT molecular complexity index is 344. The number of fused-ring (bicyclic) bond motifs is 1. The number of anilines is 1. The Hall–Kier alpha value is -1.03. The Morgan fingerprint density at radius 2 is 2.06 bits per heavy atom. The highest BCUT2D eigenvalue weighted by Crippen LogP contribution is 2.32. The van der Waals surface area contributed by atoms with Crippen molar-refractivity contribution < 1.29 is 9.47 Å². The second-order valence-electron chi connectivity index (χ2n) is 3.63. The van der Waals surface area contributed by atoms with Gasteiger partial charge in [-0.1, -0.05) is 0 Å². The maximum absolute atomic E-state index is 5.63. The highest BCUT2D eigenvalue weighted by molar-refractivity contribution is 7.98. The van der Waals surface area contributed by atoms with Crippen molar-refractivity contribution in [3.63, 3.8) is 0 Å². The van der Waals surface area contributed by atoms with Gasteiger partial charge in [0, 0.05) is 30.5 Å². The van der Waals surface area contributed by atoms with Gasteiger partial charge < -0.3 is 14.8 Å². The Balaban J connectivity index is 2.02. The van der Waals surface area contributed by atoms with Gasteiger partial charge in [-0.05, 0) is 18.4 Å². The molecule has 0 spiro atoms. The second kappa shape index (κ2) is 5.89. The molecule has 1 heterocycles. The number of nitrogens with one attached hydrogen (secondary N) is 1. The average Bonchev–Trinajstić information content (AvgIpc) is 2.54. The number of rotatable bonds is 4. The summed E-state index contributed by atoms with van der Waals surface area (Å²) in [6, 6.07) is 6.02. The molecule has 0 atom stereocenters. The molecule has 0 aromatic heterocycles. The minimum atomic E-state index is 0.737. The largest absolute Gasteiger partial charge is 0.490 e. The van der Waals surface area contributed by atoms with Gasteiger partial charge in [-0.2, -0.15) is 11.8 Å². The monoisotopic (exact) mass is 239 g/mol. The third-order valence-electron chi connectivity index (χ3n) is 2.38. The first-order valence-corrected chi connectivity index (χ1v) is 6.92. The molecule has 1 aliphatic heterocycles. The predicted octanol–water partition coefficient (Wildman–Crippen LogP) is 2.62. The molecule has 16 heavy (non-hydrogen) atoms. The van der Waals surface area contributed by atoms with Crippen LogP contribution in [0.15, 0.2) is 18.2 Å². The zero-order chi connectivity index (χ0) is 11.2. The van der Waals surface area contributed by atoms with Gasteiger partial charge in [0.15, 0.2) is 11.5 Å². The van der Waals surface area contributed by atoms with Crippen LogP contribution in [0.3, 0.4) is 0 Å². The molecular formula is C12H17NO2S. The summed E-state index contributed by atoms with van der Waals surface area (Å²) in [4.78, 5) is 0. The molecule has 88 valence electrons. The molecule has 0 unspecified atom stereocenters. The molecule has 1 N–H and O–H groups in total. The van der Waals surface area contributed by atoms with Crippen LogP contribution in [0.25, 0.3) is 0 Å². The molecule has 1 aliphatic rings. The zero-order valence-electron chi connectivity index (χ0n) is 9.49. The molecule has 4 heteroatoms. The Morgan fingerprint density at radius 3 is 2.88 bits per heavy atom. The number of ether oxygens (including phenoxy) is 2. The summed E-state index contributed by atoms with van der Waals surface area (Å²) >= 11 is 1.83. The lowest BCUT2D eigenvalue weighted by Gasteiger charge is -2.10. The van der Waals surface area contributed by atoms with Crippen molar-refractivity contribution in [1.29, 1.82) is 0 Å². The molecule has 0 aliphatic carbocycles. The molecular weight excluding hydrogens is 222 g/mol. The van der Waals surface area contributed by atoms with E-state index in [1.54, 1.807) is 0 Å². The van der Waals surface area contributed by atoms with Crippen LogP contribution in [0.2, 0.25) is 0 Å². The summed E-state index contributed by atoms with van der Waals surface area (Å²) in [5.74, 6) is 2.81. The van der Waals surface area contributed by atoms with Gasteiger partial charge in [0.1, 0.15) is 0 Å². The maximum atomic E-state index is 5.63. The van der Waals surface area contributed by atoms with Crippen molar-refractivity contribution >= 4 is 17.4 Å². The van der Waals surface area contributed by atoms with E-state index in [0.29, 0.717) is 0 Å². The highest BCUT2D eigenvalue weighted by Gasteiger charge is 2.10. The van der Waals surface area contributed by atoms with Crippen LogP contribution < -0.4 is 14.8 Å². The Kier molecular flexibility index (Phi) is 4.22. The fourth-order valence-corrected chi connectivity index (χ4v) is 1.88. The maximum Gasteiger partial charge on any atom is 0.163 e. The van der Waals surface area contributed by atoms with Crippen molar-refractivity contribution in [1.82, 2.24) is 0 Å². The van der Waals surface area contributed by atoms with E-state index in [4.69, 9.17) is 9.47 Å². The van der Waals surface area contributed by atoms with E-state index >= 15 is 0 Å². The number of thioether (sulfide) groups is 1. The van der Waals surface area contributed by atoms with E-state index in [9.17, 15) is 0 Å². The molecule has 0 saturated carbocycles. The van der Waals surface area contributed by atoms with Crippen molar-refractivity contribution in [2.24, 2.45) is 0 Å². The molecule has 0 radical (unpaired) electrons. The lowest BCUT2D eigenvalue weighted by atomic mass is 10.2. The minimum absolute atomic E-state index is 0.737. The molecule has 0 amide bonds. The van der Waals surface area contributed by atoms with E-state index in [1.807, 2.05) is 30.0 Å². The van der Waals surface area contributed by atoms with Gasteiger partial charge in [-0.3, -0.25) is 0 Å². The predicted molar refractivity (Wildman–Crippen MR) is 68.9 cm³/mol. The standard InChI is InChI=1S/C12H17NO2S/c1-16-8-5-13-10-3-4-11-12(9-10)15-7-2-6-14-11/h3-4,9,13H,2,5-8H2,1H3. The summed E-state index contributed by atoms with van der Waals surface area (Å²) in [5.41, 5.74) is 1.10. The SMILES string of the molecule is CSCCNc1ccc2c(c1)OCCCO2. The van der Waals surface area contributed by atoms with Crippen LogP contribution >= 0.6 is 11.8 Å². The quantitative estimate of drug-likeness (QED) is 0.818. The summed E-state index contributed by atoms with van der Waals surface area (Å²) in [6.45, 7) is 2.45. The second-order valence-corrected chi connectivity index (χ2v) is 4.62. The summed E-state index contributed by atoms with van der Waals surface area (Å²) in [6.07, 6.45) is 3.06. The average molecular weight is 239 g/mol. The summed E-state index contributed by atoms with van der Waals surface area (Å²) in [5, 5.41) is 3.36. The molecule has 1 aromatic rings. The van der Waals surface area contributed by atoms with E-state index in [2.05, 4.69) is 11.6 Å². The van der Waals surface area contributed by atoms with Crippen LogP contribution in [0.4, 0.5) is 5.69 Å². The van der Waals surface area contributed by atoms with Crippen molar-refractivity contribution in [3.8, 4) is 11.5 Å². The Labute approximate surface area is 101 Å². The lowest BCUT2D eigenvalue weighted by Crippen LogP contribution is -2.04. The fourth-order valence-electron chi connectivity index (χ4n) is 1.57. The van der Waals surface area contributed by atoms with Crippen molar-refractivity contribution in [3.05, 3.63) is 18.2 Å². The fraction of sp³-hybridized carbons (Fsp3) is 0.500. The summed E-state index contributed by atoms with van der Waals surface area (Å²) < 4.78 is 11.2. The first-order chi connectivity index (χ1) is 7.90. The smallest absolute Gasteiger partial charge is 0.163 e. The van der Waals surface area contributed by atoms with E-state index < -0.39 is 0 Å². The Morgan fingerprint density at radius 1 is 1.25 bits per heavy atom. The first-order valence-electron chi connectivity index (χ1n) is 5.52. The van der Waals surface area contributed by atoms with Crippen LogP contribution in [-0.4, -0.2) is 31.8 Å². The van der Waals surface area contributed by atoms with Crippen LogP contribution in [0, 0.1) is 0 Å². The van der Waals surface area contributed by atoms with Gasteiger partial charge in [-0.15, -0.1) is 0 Å². The molecule has 2 rings (SSSR count). The first kappa shape index (κ1) is 11.5. The van der Waals surface area contributed by atoms with Gasteiger partial charge in [0.05, 0.1) is 13.2 Å². The third-order valence-corrected chi connectivity index (χ3v) is 3.00. The van der Waals surface area contributed by atoms with Gasteiger partial charge in [-0.25, -0.2) is 0 Å². The molecule has 0 fully saturated rings. The topological polar surface area (TPSA) is 30.5 Å². The van der Waals surface area contributed by atoms with E-state index in [1.165, 1.54) is 0 Å². The molecule has 0 saturated heterocycles. The number of hydrogen-bond acceptors (Lipinski definition) is 4. The zero-order valence-corrected chi connectivity index (χ0v) is 10.3. The summed E-state index contributed by atoms with van der Waals surface area (Å²) in [7, 11) is 0. The van der Waals surface area contributed by atoms with E-state index in [0.717, 1.165) is 49.1 Å². The number of benzene rings is 1. The van der Waals surface area contributed by atoms with Gasteiger partial charge >= 0.3 is 0 Å². The number of hydrogen-bond donors (Lipinski definition) is 1. The third kappa shape index (κ3) is 2.98. The van der Waals surface area contributed by atoms with Crippen molar-refractivity contribution in [2.45, 2.75) is 6.42 Å². The van der Waals surface area contributed by atoms with Crippen molar-refractivity contribution in [2.75, 3.05) is 37.1 Å². The van der Waals surface area contributed by atoms with Gasteiger partial charge in [0.2, 0.25) is 0 Å². The molecule has 3 nitrogen and oxygen atoms in total. The highest BCUT2D eigenvalue weighted by atomic mass is 32.2. The normalized spacial score (nSPS) is 14.3. The molecule has 0 bridgehead atoms. The van der Waals surface area contributed by atoms with Crippen LogP contribution in [0.5, 0.6) is 11.5 Å². The van der Waals surface area contributed by atoms with E-state index in [-0.39, 0.29) is 0 Å². The minimum Gasteiger partial charge on any atom is -0.490 e. The van der Waals surface area contributed by atoms with Crippen LogP contribution in [0.1, 0.15) is 6.42 Å². The molecule has 1 aromatic carbocycles.